The minimum Gasteiger partial charge on any atom is -0.397 e. The highest BCUT2D eigenvalue weighted by atomic mass is 16.5. The Kier molecular flexibility index (Phi) is 2.34. The fraction of sp³-hybridized carbons (Fsp3) is 0.417. The second-order valence-corrected chi connectivity index (χ2v) is 4.60. The molecule has 94 valence electrons. The Morgan fingerprint density at radius 3 is 2.50 bits per heavy atom. The van der Waals surface area contributed by atoms with E-state index in [1.807, 2.05) is 6.92 Å². The van der Waals surface area contributed by atoms with Crippen molar-refractivity contribution in [2.45, 2.75) is 32.0 Å². The first-order valence-electron chi connectivity index (χ1n) is 5.83. The van der Waals surface area contributed by atoms with Gasteiger partial charge in [-0.05, 0) is 31.4 Å². The van der Waals surface area contributed by atoms with E-state index in [1.54, 1.807) is 6.07 Å². The van der Waals surface area contributed by atoms with Crippen LogP contribution in [0.4, 0.5) is 11.5 Å². The molecule has 0 radical (unpaired) electrons. The summed E-state index contributed by atoms with van der Waals surface area (Å²) in [6.07, 6.45) is 1.64. The molecule has 6 nitrogen and oxygen atoms in total. The Hall–Kier alpha value is -1.95. The number of carbonyl (C=O) groups excluding carboxylic acids is 2. The minimum atomic E-state index is -0.507. The van der Waals surface area contributed by atoms with Crippen LogP contribution in [-0.4, -0.2) is 29.0 Å². The number of hydrogen-bond acceptors (Lipinski definition) is 5. The number of fused-ring (bicyclic) bond motifs is 2. The number of rotatable bonds is 1. The maximum atomic E-state index is 12.1. The highest BCUT2D eigenvalue weighted by molar-refractivity contribution is 6.19. The van der Waals surface area contributed by atoms with Gasteiger partial charge in [0.25, 0.3) is 11.8 Å². The summed E-state index contributed by atoms with van der Waals surface area (Å²) in [5.41, 5.74) is 7.01. The van der Waals surface area contributed by atoms with Crippen molar-refractivity contribution in [2.24, 2.45) is 0 Å². The van der Waals surface area contributed by atoms with E-state index in [1.165, 1.54) is 6.20 Å². The summed E-state index contributed by atoms with van der Waals surface area (Å²) in [5, 5.41) is 0. The van der Waals surface area contributed by atoms with Crippen molar-refractivity contribution in [2.75, 3.05) is 10.6 Å². The average Bonchev–Trinajstić information content (AvgIpc) is 2.78. The van der Waals surface area contributed by atoms with Crippen molar-refractivity contribution in [1.29, 1.82) is 0 Å². The van der Waals surface area contributed by atoms with Gasteiger partial charge in [0.2, 0.25) is 0 Å². The summed E-state index contributed by atoms with van der Waals surface area (Å²) in [4.78, 5) is 29.4. The molecular formula is C12H13N3O3. The topological polar surface area (TPSA) is 85.5 Å². The molecule has 1 aromatic heterocycles. The predicted octanol–water partition coefficient (Wildman–Crippen LogP) is 0.393. The number of anilines is 2. The highest BCUT2D eigenvalue weighted by Gasteiger charge is 2.47. The molecule has 2 aliphatic heterocycles. The number of nitrogens with zero attached hydrogens (tertiary/aromatic N) is 2. The molecule has 2 saturated heterocycles. The minimum absolute atomic E-state index is 0.328. The van der Waals surface area contributed by atoms with Gasteiger partial charge in [0.15, 0.2) is 0 Å². The second-order valence-electron chi connectivity index (χ2n) is 4.60. The quantitative estimate of drug-likeness (QED) is 0.726. The van der Waals surface area contributed by atoms with Gasteiger partial charge in [0.1, 0.15) is 18.0 Å². The van der Waals surface area contributed by atoms with E-state index in [2.05, 4.69) is 4.98 Å². The average molecular weight is 247 g/mol. The molecule has 3 heterocycles. The Morgan fingerprint density at radius 1 is 1.33 bits per heavy atom. The summed E-state index contributed by atoms with van der Waals surface area (Å²) in [7, 11) is 0. The van der Waals surface area contributed by atoms with Crippen LogP contribution < -0.4 is 10.6 Å². The van der Waals surface area contributed by atoms with E-state index in [-0.39, 0.29) is 11.8 Å². The number of hydrogen-bond donors (Lipinski definition) is 1. The number of nitrogens with two attached hydrogens (primary N) is 1. The molecule has 0 spiro atoms. The normalized spacial score (nSPS) is 26.8. The molecule has 3 rings (SSSR count). The summed E-state index contributed by atoms with van der Waals surface area (Å²) in [5.74, 6) is -0.326. The first kappa shape index (κ1) is 11.2. The van der Waals surface area contributed by atoms with Crippen molar-refractivity contribution in [3.8, 4) is 0 Å². The number of imide groups is 1. The van der Waals surface area contributed by atoms with Crippen LogP contribution in [0.2, 0.25) is 0 Å². The van der Waals surface area contributed by atoms with Crippen LogP contribution >= 0.6 is 0 Å². The number of amides is 2. The lowest BCUT2D eigenvalue weighted by Crippen LogP contribution is -2.52. The van der Waals surface area contributed by atoms with Crippen LogP contribution in [0.5, 0.6) is 0 Å². The van der Waals surface area contributed by atoms with Crippen LogP contribution in [0.25, 0.3) is 0 Å². The Balaban J connectivity index is 2.02. The van der Waals surface area contributed by atoms with Crippen molar-refractivity contribution < 1.29 is 14.3 Å². The van der Waals surface area contributed by atoms with Crippen LogP contribution in [0.3, 0.4) is 0 Å². The lowest BCUT2D eigenvalue weighted by molar-refractivity contribution is -0.146. The monoisotopic (exact) mass is 247 g/mol. The molecule has 2 aliphatic rings. The standard InChI is InChI=1S/C12H13N3O3/c1-6-4-10(14-5-7(6)13)15-11(16)8-2-3-9(18-8)12(15)17/h4-5,8-9H,2-3,13H2,1H3. The van der Waals surface area contributed by atoms with Crippen LogP contribution in [0.1, 0.15) is 18.4 Å². The fourth-order valence-corrected chi connectivity index (χ4v) is 2.30. The van der Waals surface area contributed by atoms with E-state index < -0.39 is 12.2 Å². The van der Waals surface area contributed by atoms with Crippen molar-refractivity contribution in [3.05, 3.63) is 17.8 Å². The van der Waals surface area contributed by atoms with Gasteiger partial charge in [0, 0.05) is 0 Å². The van der Waals surface area contributed by atoms with Gasteiger partial charge in [0.05, 0.1) is 11.9 Å². The maximum absolute atomic E-state index is 12.1. The van der Waals surface area contributed by atoms with Crippen molar-refractivity contribution in [1.82, 2.24) is 4.98 Å². The first-order valence-corrected chi connectivity index (χ1v) is 5.83. The van der Waals surface area contributed by atoms with Gasteiger partial charge in [-0.25, -0.2) is 9.88 Å². The first-order chi connectivity index (χ1) is 8.58. The van der Waals surface area contributed by atoms with Crippen molar-refractivity contribution in [3.63, 3.8) is 0 Å². The molecule has 2 N–H and O–H groups in total. The molecule has 2 fully saturated rings. The number of aromatic nitrogens is 1. The Labute approximate surface area is 104 Å². The number of carbonyl (C=O) groups is 2. The lowest BCUT2D eigenvalue weighted by Gasteiger charge is -2.29. The summed E-state index contributed by atoms with van der Waals surface area (Å²) in [6, 6.07) is 1.65. The molecule has 2 bridgehead atoms. The molecular weight excluding hydrogens is 234 g/mol. The molecule has 18 heavy (non-hydrogen) atoms. The molecule has 0 saturated carbocycles. The third kappa shape index (κ3) is 1.49. The molecule has 2 atom stereocenters. The van der Waals surface area contributed by atoms with Crippen LogP contribution in [0, 0.1) is 6.92 Å². The van der Waals surface area contributed by atoms with Crippen LogP contribution in [-0.2, 0) is 14.3 Å². The highest BCUT2D eigenvalue weighted by Crippen LogP contribution is 2.31. The molecule has 0 aromatic carbocycles. The summed E-state index contributed by atoms with van der Waals surface area (Å²) >= 11 is 0. The van der Waals surface area contributed by atoms with Gasteiger partial charge in [-0.2, -0.15) is 0 Å². The Bertz CT molecular complexity index is 521. The van der Waals surface area contributed by atoms with E-state index in [0.717, 1.165) is 10.5 Å². The van der Waals surface area contributed by atoms with E-state index in [0.29, 0.717) is 24.3 Å². The van der Waals surface area contributed by atoms with E-state index in [9.17, 15) is 9.59 Å². The number of pyridine rings is 1. The zero-order valence-corrected chi connectivity index (χ0v) is 9.92. The molecule has 6 heteroatoms. The number of nitrogen functional groups attached to an aromatic ring is 1. The Morgan fingerprint density at radius 2 is 1.94 bits per heavy atom. The third-order valence-corrected chi connectivity index (χ3v) is 3.38. The predicted molar refractivity (Wildman–Crippen MR) is 63.8 cm³/mol. The summed E-state index contributed by atoms with van der Waals surface area (Å²) in [6.45, 7) is 1.81. The summed E-state index contributed by atoms with van der Waals surface area (Å²) < 4.78 is 5.33. The molecule has 1 aromatic rings. The maximum Gasteiger partial charge on any atom is 0.264 e. The smallest absolute Gasteiger partial charge is 0.264 e. The lowest BCUT2D eigenvalue weighted by atomic mass is 10.2. The van der Waals surface area contributed by atoms with Gasteiger partial charge in [-0.1, -0.05) is 0 Å². The number of morpholine rings is 1. The zero-order valence-electron chi connectivity index (χ0n) is 9.92. The van der Waals surface area contributed by atoms with Gasteiger partial charge in [-0.3, -0.25) is 9.59 Å². The van der Waals surface area contributed by atoms with Crippen molar-refractivity contribution >= 4 is 23.3 Å². The largest absolute Gasteiger partial charge is 0.397 e. The zero-order chi connectivity index (χ0) is 12.9. The van der Waals surface area contributed by atoms with Gasteiger partial charge in [-0.15, -0.1) is 0 Å². The molecule has 2 amide bonds. The van der Waals surface area contributed by atoms with E-state index >= 15 is 0 Å². The SMILES string of the molecule is Cc1cc(N2C(=O)C3CCC(O3)C2=O)ncc1N. The van der Waals surface area contributed by atoms with Crippen LogP contribution in [0.15, 0.2) is 12.3 Å². The number of aryl methyl sites for hydroxylation is 1. The third-order valence-electron chi connectivity index (χ3n) is 3.38. The second kappa shape index (κ2) is 3.78. The molecule has 2 unspecified atom stereocenters. The van der Waals surface area contributed by atoms with Gasteiger partial charge >= 0.3 is 0 Å². The van der Waals surface area contributed by atoms with Gasteiger partial charge < -0.3 is 10.5 Å². The van der Waals surface area contributed by atoms with E-state index in [4.69, 9.17) is 10.5 Å². The number of ether oxygens (including phenoxy) is 1. The molecule has 0 aliphatic carbocycles. The fourth-order valence-electron chi connectivity index (χ4n) is 2.30.